The average molecular weight is 173 g/mol. The molecule has 2 rings (SSSR count). The second-order valence-electron chi connectivity index (χ2n) is 2.52. The summed E-state index contributed by atoms with van der Waals surface area (Å²) in [6.45, 7) is 0. The molecule has 0 amide bonds. The largest absolute Gasteiger partial charge is 0.342 e. The van der Waals surface area contributed by atoms with Crippen LogP contribution in [0.1, 0.15) is 10.5 Å². The highest BCUT2D eigenvalue weighted by Gasteiger charge is 2.05. The fourth-order valence-corrected chi connectivity index (χ4v) is 1.13. The van der Waals surface area contributed by atoms with E-state index in [9.17, 15) is 4.79 Å². The van der Waals surface area contributed by atoms with Crippen molar-refractivity contribution in [2.24, 2.45) is 0 Å². The molecule has 4 heteroatoms. The van der Waals surface area contributed by atoms with Gasteiger partial charge in [-0.15, -0.1) is 0 Å². The summed E-state index contributed by atoms with van der Waals surface area (Å²) in [5, 5.41) is 0. The number of aromatic amines is 1. The van der Waals surface area contributed by atoms with E-state index in [1.807, 2.05) is 6.07 Å². The molecule has 0 radical (unpaired) electrons. The smallest absolute Gasteiger partial charge is 0.168 e. The van der Waals surface area contributed by atoms with Crippen molar-refractivity contribution >= 4 is 6.29 Å². The Labute approximate surface area is 74.7 Å². The summed E-state index contributed by atoms with van der Waals surface area (Å²) in [6.07, 6.45) is 5.58. The van der Waals surface area contributed by atoms with E-state index in [0.717, 1.165) is 11.8 Å². The highest BCUT2D eigenvalue weighted by Crippen LogP contribution is 2.16. The molecule has 64 valence electrons. The van der Waals surface area contributed by atoms with Crippen molar-refractivity contribution in [3.8, 4) is 11.3 Å². The van der Waals surface area contributed by atoms with Crippen LogP contribution in [-0.4, -0.2) is 21.2 Å². The van der Waals surface area contributed by atoms with Crippen molar-refractivity contribution in [1.29, 1.82) is 0 Å². The number of hydrogen-bond donors (Lipinski definition) is 1. The van der Waals surface area contributed by atoms with Gasteiger partial charge in [0.25, 0.3) is 0 Å². The van der Waals surface area contributed by atoms with Crippen molar-refractivity contribution < 1.29 is 4.79 Å². The summed E-state index contributed by atoms with van der Waals surface area (Å²) >= 11 is 0. The Morgan fingerprint density at radius 3 is 3.08 bits per heavy atom. The van der Waals surface area contributed by atoms with Crippen LogP contribution in [0.2, 0.25) is 0 Å². The number of hydrogen-bond acceptors (Lipinski definition) is 3. The minimum absolute atomic E-state index is 0.480. The maximum absolute atomic E-state index is 10.6. The normalized spacial score (nSPS) is 9.85. The van der Waals surface area contributed by atoms with Gasteiger partial charge in [0.2, 0.25) is 0 Å². The van der Waals surface area contributed by atoms with E-state index in [1.165, 1.54) is 6.33 Å². The topological polar surface area (TPSA) is 58.6 Å². The third-order valence-electron chi connectivity index (χ3n) is 1.72. The molecule has 0 unspecified atom stereocenters. The fraction of sp³-hybridized carbons (Fsp3) is 0. The average Bonchev–Trinajstić information content (AvgIpc) is 2.67. The monoisotopic (exact) mass is 173 g/mol. The molecule has 0 fully saturated rings. The van der Waals surface area contributed by atoms with E-state index in [2.05, 4.69) is 15.0 Å². The minimum atomic E-state index is 0.480. The second kappa shape index (κ2) is 3.18. The minimum Gasteiger partial charge on any atom is -0.342 e. The van der Waals surface area contributed by atoms with Gasteiger partial charge in [-0.1, -0.05) is 0 Å². The molecule has 0 bridgehead atoms. The maximum Gasteiger partial charge on any atom is 0.168 e. The lowest BCUT2D eigenvalue weighted by Crippen LogP contribution is -1.85. The first-order chi connectivity index (χ1) is 6.42. The number of rotatable bonds is 2. The van der Waals surface area contributed by atoms with Crippen LogP contribution in [0.4, 0.5) is 0 Å². The van der Waals surface area contributed by atoms with E-state index in [0.29, 0.717) is 11.4 Å². The summed E-state index contributed by atoms with van der Waals surface area (Å²) in [5.74, 6) is 0. The molecular formula is C9H7N3O. The number of H-pyrrole nitrogens is 1. The van der Waals surface area contributed by atoms with E-state index in [-0.39, 0.29) is 0 Å². The number of nitrogens with zero attached hydrogens (tertiary/aromatic N) is 2. The van der Waals surface area contributed by atoms with Crippen molar-refractivity contribution in [3.05, 3.63) is 36.5 Å². The molecule has 2 aromatic heterocycles. The summed E-state index contributed by atoms with van der Waals surface area (Å²) < 4.78 is 0. The van der Waals surface area contributed by atoms with Gasteiger partial charge in [-0.05, 0) is 12.1 Å². The van der Waals surface area contributed by atoms with Crippen LogP contribution in [0.3, 0.4) is 0 Å². The molecule has 0 atom stereocenters. The van der Waals surface area contributed by atoms with Gasteiger partial charge in [0.1, 0.15) is 11.4 Å². The Morgan fingerprint density at radius 1 is 1.46 bits per heavy atom. The molecule has 4 nitrogen and oxygen atoms in total. The van der Waals surface area contributed by atoms with Crippen LogP contribution in [0.25, 0.3) is 11.3 Å². The summed E-state index contributed by atoms with van der Waals surface area (Å²) in [4.78, 5) is 21.3. The Morgan fingerprint density at radius 2 is 2.38 bits per heavy atom. The van der Waals surface area contributed by atoms with E-state index < -0.39 is 0 Å². The third kappa shape index (κ3) is 1.33. The van der Waals surface area contributed by atoms with Crippen LogP contribution in [0, 0.1) is 0 Å². The van der Waals surface area contributed by atoms with Crippen LogP contribution in [0.5, 0.6) is 0 Å². The summed E-state index contributed by atoms with van der Waals surface area (Å²) in [5.41, 5.74) is 1.96. The molecule has 0 aliphatic carbocycles. The molecule has 0 aliphatic heterocycles. The van der Waals surface area contributed by atoms with Gasteiger partial charge in [0, 0.05) is 18.0 Å². The van der Waals surface area contributed by atoms with E-state index in [4.69, 9.17) is 0 Å². The lowest BCUT2D eigenvalue weighted by Gasteiger charge is -1.94. The number of aldehydes is 1. The molecule has 1 N–H and O–H groups in total. The first-order valence-corrected chi connectivity index (χ1v) is 3.81. The van der Waals surface area contributed by atoms with Crippen LogP contribution in [0.15, 0.2) is 30.9 Å². The summed E-state index contributed by atoms with van der Waals surface area (Å²) in [6, 6.07) is 3.66. The number of carbonyl (C=O) groups excluding carboxylic acids is 1. The van der Waals surface area contributed by atoms with Gasteiger partial charge in [-0.2, -0.15) is 0 Å². The van der Waals surface area contributed by atoms with E-state index in [1.54, 1.807) is 18.5 Å². The van der Waals surface area contributed by atoms with Crippen LogP contribution in [-0.2, 0) is 0 Å². The first kappa shape index (κ1) is 7.67. The highest BCUT2D eigenvalue weighted by molar-refractivity contribution is 5.82. The van der Waals surface area contributed by atoms with Crippen molar-refractivity contribution in [2.45, 2.75) is 0 Å². The predicted octanol–water partition coefficient (Wildman–Crippen LogP) is 1.28. The molecule has 0 saturated carbocycles. The zero-order valence-electron chi connectivity index (χ0n) is 6.77. The maximum atomic E-state index is 10.6. The zero-order valence-corrected chi connectivity index (χ0v) is 6.77. The standard InChI is InChI=1S/C9H7N3O/c13-5-8-9(12-6-11-8)7-2-1-3-10-4-7/h1-6H,(H,11,12). The van der Waals surface area contributed by atoms with Crippen LogP contribution < -0.4 is 0 Å². The zero-order chi connectivity index (χ0) is 9.10. The molecule has 0 aromatic carbocycles. The van der Waals surface area contributed by atoms with Gasteiger partial charge in [0.05, 0.1) is 6.33 Å². The lowest BCUT2D eigenvalue weighted by molar-refractivity contribution is 0.112. The van der Waals surface area contributed by atoms with Gasteiger partial charge in [0.15, 0.2) is 6.29 Å². The van der Waals surface area contributed by atoms with Crippen molar-refractivity contribution in [3.63, 3.8) is 0 Å². The Balaban J connectivity index is 2.52. The highest BCUT2D eigenvalue weighted by atomic mass is 16.1. The molecule has 13 heavy (non-hydrogen) atoms. The van der Waals surface area contributed by atoms with Crippen LogP contribution >= 0.6 is 0 Å². The number of aromatic nitrogens is 3. The third-order valence-corrected chi connectivity index (χ3v) is 1.72. The second-order valence-corrected chi connectivity index (χ2v) is 2.52. The summed E-state index contributed by atoms with van der Waals surface area (Å²) in [7, 11) is 0. The molecule has 2 aromatic rings. The lowest BCUT2D eigenvalue weighted by atomic mass is 10.2. The quantitative estimate of drug-likeness (QED) is 0.696. The predicted molar refractivity (Wildman–Crippen MR) is 47.2 cm³/mol. The van der Waals surface area contributed by atoms with Gasteiger partial charge in [-0.3, -0.25) is 9.78 Å². The number of nitrogens with one attached hydrogen (secondary N) is 1. The molecular weight excluding hydrogens is 166 g/mol. The van der Waals surface area contributed by atoms with Crippen molar-refractivity contribution in [1.82, 2.24) is 15.0 Å². The Bertz CT molecular complexity index is 408. The van der Waals surface area contributed by atoms with Crippen molar-refractivity contribution in [2.75, 3.05) is 0 Å². The first-order valence-electron chi connectivity index (χ1n) is 3.81. The van der Waals surface area contributed by atoms with E-state index >= 15 is 0 Å². The number of carbonyl (C=O) groups is 1. The molecule has 2 heterocycles. The van der Waals surface area contributed by atoms with Gasteiger partial charge in [-0.25, -0.2) is 4.98 Å². The number of pyridine rings is 1. The van der Waals surface area contributed by atoms with Gasteiger partial charge >= 0.3 is 0 Å². The Hall–Kier alpha value is -1.97. The fourth-order valence-electron chi connectivity index (χ4n) is 1.13. The Kier molecular flexibility index (Phi) is 1.88. The number of imidazole rings is 1. The SMILES string of the molecule is O=Cc1[nH]cnc1-c1cccnc1. The molecule has 0 aliphatic rings. The van der Waals surface area contributed by atoms with Gasteiger partial charge < -0.3 is 4.98 Å². The molecule has 0 spiro atoms. The molecule has 0 saturated heterocycles.